The van der Waals surface area contributed by atoms with Gasteiger partial charge in [0.15, 0.2) is 11.5 Å². The van der Waals surface area contributed by atoms with E-state index in [2.05, 4.69) is 0 Å². The van der Waals surface area contributed by atoms with Gasteiger partial charge in [0, 0.05) is 15.8 Å². The maximum Gasteiger partial charge on any atom is 0.315 e. The summed E-state index contributed by atoms with van der Waals surface area (Å²) >= 11 is 6.28. The van der Waals surface area contributed by atoms with Gasteiger partial charge in [0.1, 0.15) is 23.0 Å². The highest BCUT2D eigenvalue weighted by molar-refractivity contribution is 6.31. The molecule has 0 aliphatic rings. The van der Waals surface area contributed by atoms with Gasteiger partial charge in [-0.15, -0.1) is 0 Å². The molecule has 0 bridgehead atoms. The van der Waals surface area contributed by atoms with Crippen LogP contribution in [0.1, 0.15) is 5.56 Å². The van der Waals surface area contributed by atoms with Gasteiger partial charge >= 0.3 is 5.97 Å². The number of ether oxygens (including phenoxy) is 5. The number of halogens is 1. The Labute approximate surface area is 236 Å². The van der Waals surface area contributed by atoms with E-state index in [1.54, 1.807) is 80.9 Å². The number of rotatable bonds is 9. The molecule has 0 aromatic heterocycles. The lowest BCUT2D eigenvalue weighted by Crippen LogP contribution is -2.12. The topological polar surface area (TPSA) is 83.5 Å². The molecule has 0 unspecified atom stereocenters. The molecule has 40 heavy (non-hydrogen) atoms. The third kappa shape index (κ3) is 5.90. The number of esters is 1. The molecule has 0 aliphatic carbocycles. The maximum absolute atomic E-state index is 13.2. The van der Waals surface area contributed by atoms with Crippen molar-refractivity contribution in [1.29, 1.82) is 0 Å². The van der Waals surface area contributed by atoms with Crippen LogP contribution < -0.4 is 23.7 Å². The minimum atomic E-state index is -0.525. The lowest BCUT2D eigenvalue weighted by molar-refractivity contribution is -0.133. The fraction of sp³-hybridized carbons (Fsp3) is 0.0938. The minimum Gasteiger partial charge on any atom is -0.504 e. The van der Waals surface area contributed by atoms with Gasteiger partial charge in [0.25, 0.3) is 0 Å². The Kier molecular flexibility index (Phi) is 7.94. The number of methoxy groups -OCH3 is 2. The van der Waals surface area contributed by atoms with E-state index in [-0.39, 0.29) is 29.4 Å². The number of hydrogen-bond acceptors (Lipinski definition) is 7. The fourth-order valence-corrected chi connectivity index (χ4v) is 4.26. The van der Waals surface area contributed by atoms with Crippen LogP contribution >= 0.6 is 11.6 Å². The summed E-state index contributed by atoms with van der Waals surface area (Å²) in [6.45, 7) is 0. The van der Waals surface area contributed by atoms with E-state index in [4.69, 9.17) is 35.3 Å². The summed E-state index contributed by atoms with van der Waals surface area (Å²) in [4.78, 5) is 13.2. The molecule has 5 aromatic carbocycles. The standard InChI is InChI=1S/C32H25ClO7/c1-36-22-9-13-24(14-10-22)38-31-29(35)27-19-21(33)8-17-26(27)30(40-28(34)18-20-6-4-3-5-7-20)32(31)39-25-15-11-23(37-2)12-16-25/h3-17,19,35H,18H2,1-2H3. The Morgan fingerprint density at radius 3 is 1.80 bits per heavy atom. The van der Waals surface area contributed by atoms with E-state index in [1.807, 2.05) is 30.3 Å². The van der Waals surface area contributed by atoms with Crippen molar-refractivity contribution in [3.8, 4) is 46.0 Å². The van der Waals surface area contributed by atoms with Gasteiger partial charge in [-0.3, -0.25) is 4.79 Å². The Morgan fingerprint density at radius 1 is 0.675 bits per heavy atom. The van der Waals surface area contributed by atoms with Crippen LogP contribution in [0.15, 0.2) is 97.1 Å². The molecule has 0 aliphatic heterocycles. The summed E-state index contributed by atoms with van der Waals surface area (Å²) in [6, 6.07) is 27.7. The average molecular weight is 557 g/mol. The lowest BCUT2D eigenvalue weighted by Gasteiger charge is -2.20. The van der Waals surface area contributed by atoms with E-state index in [9.17, 15) is 9.90 Å². The number of benzene rings is 5. The highest BCUT2D eigenvalue weighted by Crippen LogP contribution is 2.54. The molecule has 202 valence electrons. The van der Waals surface area contributed by atoms with Crippen molar-refractivity contribution < 1.29 is 33.6 Å². The van der Waals surface area contributed by atoms with Gasteiger partial charge in [-0.05, 0) is 72.3 Å². The van der Waals surface area contributed by atoms with E-state index in [0.29, 0.717) is 38.8 Å². The third-order valence-corrected chi connectivity index (χ3v) is 6.31. The molecule has 8 heteroatoms. The number of phenolic OH excluding ortho intramolecular Hbond substituents is 1. The Morgan fingerprint density at radius 2 is 1.23 bits per heavy atom. The fourth-order valence-electron chi connectivity index (χ4n) is 4.09. The summed E-state index contributed by atoms with van der Waals surface area (Å²) in [5.74, 6) is 1.31. The smallest absolute Gasteiger partial charge is 0.315 e. The third-order valence-electron chi connectivity index (χ3n) is 6.07. The summed E-state index contributed by atoms with van der Waals surface area (Å²) in [5.41, 5.74) is 0.783. The molecular weight excluding hydrogens is 532 g/mol. The van der Waals surface area contributed by atoms with Crippen LogP contribution in [0.5, 0.6) is 46.0 Å². The maximum atomic E-state index is 13.2. The molecule has 0 fully saturated rings. The molecule has 0 radical (unpaired) electrons. The van der Waals surface area contributed by atoms with E-state index < -0.39 is 5.97 Å². The van der Waals surface area contributed by atoms with Gasteiger partial charge in [-0.2, -0.15) is 0 Å². The number of carbonyl (C=O) groups excluding carboxylic acids is 1. The van der Waals surface area contributed by atoms with Crippen molar-refractivity contribution in [3.05, 3.63) is 108 Å². The average Bonchev–Trinajstić information content (AvgIpc) is 2.98. The SMILES string of the molecule is COc1ccc(Oc2c(Oc3ccc(OC)cc3)c(OC(=O)Cc3ccccc3)c3ccc(Cl)cc3c2O)cc1. The van der Waals surface area contributed by atoms with Crippen LogP contribution in [0.25, 0.3) is 10.8 Å². The Balaban J connectivity index is 1.66. The van der Waals surface area contributed by atoms with Crippen molar-refractivity contribution in [1.82, 2.24) is 0 Å². The number of phenols is 1. The van der Waals surface area contributed by atoms with Crippen LogP contribution in [-0.4, -0.2) is 25.3 Å². The number of fused-ring (bicyclic) bond motifs is 1. The van der Waals surface area contributed by atoms with Crippen LogP contribution in [0.4, 0.5) is 0 Å². The highest BCUT2D eigenvalue weighted by Gasteiger charge is 2.27. The molecule has 5 aromatic rings. The molecule has 0 spiro atoms. The normalized spacial score (nSPS) is 10.7. The van der Waals surface area contributed by atoms with Crippen molar-refractivity contribution in [2.24, 2.45) is 0 Å². The first-order chi connectivity index (χ1) is 19.4. The minimum absolute atomic E-state index is 0.00900. The lowest BCUT2D eigenvalue weighted by atomic mass is 10.1. The van der Waals surface area contributed by atoms with Crippen molar-refractivity contribution >= 4 is 28.3 Å². The van der Waals surface area contributed by atoms with Crippen molar-refractivity contribution in [2.45, 2.75) is 6.42 Å². The predicted molar refractivity (Wildman–Crippen MR) is 153 cm³/mol. The monoisotopic (exact) mass is 556 g/mol. The second-order valence-electron chi connectivity index (χ2n) is 8.72. The number of carbonyl (C=O) groups is 1. The largest absolute Gasteiger partial charge is 0.504 e. The van der Waals surface area contributed by atoms with E-state index in [0.717, 1.165) is 5.56 Å². The highest BCUT2D eigenvalue weighted by atomic mass is 35.5. The molecule has 0 heterocycles. The van der Waals surface area contributed by atoms with Gasteiger partial charge in [0.05, 0.1) is 20.6 Å². The predicted octanol–water partition coefficient (Wildman–Crippen LogP) is 7.95. The summed E-state index contributed by atoms with van der Waals surface area (Å²) < 4.78 is 28.8. The second-order valence-corrected chi connectivity index (χ2v) is 9.15. The first kappa shape index (κ1) is 26.7. The molecular formula is C32H25ClO7. The molecule has 0 atom stereocenters. The van der Waals surface area contributed by atoms with E-state index in [1.165, 1.54) is 0 Å². The zero-order valence-electron chi connectivity index (χ0n) is 21.7. The van der Waals surface area contributed by atoms with Crippen LogP contribution in [0, 0.1) is 0 Å². The quantitative estimate of drug-likeness (QED) is 0.146. The zero-order chi connectivity index (χ0) is 28.1. The Bertz CT molecular complexity index is 1630. The number of hydrogen-bond donors (Lipinski definition) is 1. The first-order valence-corrected chi connectivity index (χ1v) is 12.7. The molecule has 0 saturated carbocycles. The first-order valence-electron chi connectivity index (χ1n) is 12.3. The van der Waals surface area contributed by atoms with Crippen LogP contribution in [0.2, 0.25) is 5.02 Å². The molecule has 7 nitrogen and oxygen atoms in total. The van der Waals surface area contributed by atoms with Gasteiger partial charge in [-0.25, -0.2) is 0 Å². The van der Waals surface area contributed by atoms with Gasteiger partial charge < -0.3 is 28.8 Å². The van der Waals surface area contributed by atoms with Crippen LogP contribution in [-0.2, 0) is 11.2 Å². The molecule has 1 N–H and O–H groups in total. The molecule has 5 rings (SSSR count). The molecule has 0 saturated heterocycles. The summed E-state index contributed by atoms with van der Waals surface area (Å²) in [5, 5.41) is 12.5. The van der Waals surface area contributed by atoms with E-state index >= 15 is 0 Å². The van der Waals surface area contributed by atoms with Gasteiger partial charge in [0.2, 0.25) is 11.5 Å². The van der Waals surface area contributed by atoms with Crippen LogP contribution in [0.3, 0.4) is 0 Å². The Hall–Kier alpha value is -4.88. The molecule has 0 amide bonds. The second kappa shape index (κ2) is 11.9. The zero-order valence-corrected chi connectivity index (χ0v) is 22.5. The van der Waals surface area contributed by atoms with Gasteiger partial charge in [-0.1, -0.05) is 41.9 Å². The number of aromatic hydroxyl groups is 1. The van der Waals surface area contributed by atoms with Crippen molar-refractivity contribution in [2.75, 3.05) is 14.2 Å². The summed E-state index contributed by atoms with van der Waals surface area (Å²) in [7, 11) is 3.12. The van der Waals surface area contributed by atoms with Crippen molar-refractivity contribution in [3.63, 3.8) is 0 Å². The summed E-state index contributed by atoms with van der Waals surface area (Å²) in [6.07, 6.45) is 0.0213.